The Balaban J connectivity index is 3.02. The number of halogens is 1. The third-order valence-electron chi connectivity index (χ3n) is 2.80. The lowest BCUT2D eigenvalue weighted by Crippen LogP contribution is -2.36. The van der Waals surface area contributed by atoms with Gasteiger partial charge in [-0.2, -0.15) is 5.10 Å². The number of ether oxygens (including phenoxy) is 3. The Bertz CT molecular complexity index is 369. The topological polar surface area (TPSA) is 57.5 Å². The molecule has 0 aromatic carbocycles. The van der Waals surface area contributed by atoms with Crippen LogP contribution in [0.2, 0.25) is 5.02 Å². The molecule has 6 nitrogen and oxygen atoms in total. The van der Waals surface area contributed by atoms with E-state index < -0.39 is 6.29 Å². The standard InChI is InChI=1S/C12H22ClN3O3/c1-5-14-10(12(18-3)19-4)11-9(13)8-15-16(11)6-7-17-2/h8,10,12,14H,5-7H2,1-4H3. The van der Waals surface area contributed by atoms with Gasteiger partial charge >= 0.3 is 0 Å². The van der Waals surface area contributed by atoms with Gasteiger partial charge in [0.15, 0.2) is 6.29 Å². The summed E-state index contributed by atoms with van der Waals surface area (Å²) in [6.45, 7) is 3.97. The molecule has 1 unspecified atom stereocenters. The third kappa shape index (κ3) is 4.15. The van der Waals surface area contributed by atoms with Gasteiger partial charge in [0.2, 0.25) is 0 Å². The highest BCUT2D eigenvalue weighted by atomic mass is 35.5. The van der Waals surface area contributed by atoms with Gasteiger partial charge in [0.05, 0.1) is 30.1 Å². The smallest absolute Gasteiger partial charge is 0.177 e. The van der Waals surface area contributed by atoms with E-state index in [2.05, 4.69) is 10.4 Å². The summed E-state index contributed by atoms with van der Waals surface area (Å²) in [7, 11) is 4.85. The lowest BCUT2D eigenvalue weighted by molar-refractivity contribution is -0.125. The molecule has 0 amide bonds. The van der Waals surface area contributed by atoms with Gasteiger partial charge < -0.3 is 19.5 Å². The van der Waals surface area contributed by atoms with Crippen LogP contribution in [0.15, 0.2) is 6.20 Å². The Morgan fingerprint density at radius 1 is 1.37 bits per heavy atom. The summed E-state index contributed by atoms with van der Waals surface area (Å²) in [5.41, 5.74) is 0.842. The van der Waals surface area contributed by atoms with Crippen LogP contribution >= 0.6 is 11.6 Å². The molecule has 1 N–H and O–H groups in total. The van der Waals surface area contributed by atoms with E-state index in [1.165, 1.54) is 0 Å². The Hall–Kier alpha value is -0.660. The largest absolute Gasteiger partial charge is 0.383 e. The maximum atomic E-state index is 6.24. The second-order valence-corrected chi connectivity index (χ2v) is 4.38. The van der Waals surface area contributed by atoms with E-state index in [0.717, 1.165) is 12.2 Å². The summed E-state index contributed by atoms with van der Waals surface area (Å²) in [4.78, 5) is 0. The van der Waals surface area contributed by atoms with Crippen molar-refractivity contribution in [3.63, 3.8) is 0 Å². The summed E-state index contributed by atoms with van der Waals surface area (Å²) < 4.78 is 17.6. The van der Waals surface area contributed by atoms with Crippen LogP contribution in [-0.4, -0.2) is 50.6 Å². The molecule has 0 aliphatic rings. The third-order valence-corrected chi connectivity index (χ3v) is 3.09. The first kappa shape index (κ1) is 16.4. The molecule has 7 heteroatoms. The molecule has 1 heterocycles. The van der Waals surface area contributed by atoms with Gasteiger partial charge in [-0.05, 0) is 6.54 Å². The van der Waals surface area contributed by atoms with Crippen LogP contribution in [0, 0.1) is 0 Å². The van der Waals surface area contributed by atoms with Crippen molar-refractivity contribution in [1.29, 1.82) is 0 Å². The first-order valence-electron chi connectivity index (χ1n) is 6.18. The van der Waals surface area contributed by atoms with Gasteiger partial charge in [0.25, 0.3) is 0 Å². The molecule has 0 fully saturated rings. The van der Waals surface area contributed by atoms with Crippen molar-refractivity contribution < 1.29 is 14.2 Å². The zero-order chi connectivity index (χ0) is 14.3. The molecule has 1 aromatic heterocycles. The minimum atomic E-state index is -0.435. The summed E-state index contributed by atoms with van der Waals surface area (Å²) in [6.07, 6.45) is 1.19. The molecule has 19 heavy (non-hydrogen) atoms. The zero-order valence-electron chi connectivity index (χ0n) is 11.9. The van der Waals surface area contributed by atoms with Crippen molar-refractivity contribution in [1.82, 2.24) is 15.1 Å². The van der Waals surface area contributed by atoms with E-state index in [-0.39, 0.29) is 6.04 Å². The first-order chi connectivity index (χ1) is 9.19. The number of aromatic nitrogens is 2. The predicted molar refractivity (Wildman–Crippen MR) is 73.3 cm³/mol. The van der Waals surface area contributed by atoms with Crippen molar-refractivity contribution in [3.05, 3.63) is 16.9 Å². The van der Waals surface area contributed by atoms with Crippen molar-refractivity contribution in [2.75, 3.05) is 34.5 Å². The Kier molecular flexibility index (Phi) is 7.33. The minimum Gasteiger partial charge on any atom is -0.383 e. The van der Waals surface area contributed by atoms with Crippen molar-refractivity contribution in [2.45, 2.75) is 25.8 Å². The second kappa shape index (κ2) is 8.50. The fraction of sp³-hybridized carbons (Fsp3) is 0.750. The van der Waals surface area contributed by atoms with Crippen molar-refractivity contribution in [2.24, 2.45) is 0 Å². The molecule has 0 saturated carbocycles. The monoisotopic (exact) mass is 291 g/mol. The van der Waals surface area contributed by atoms with E-state index in [1.807, 2.05) is 11.6 Å². The summed E-state index contributed by atoms with van der Waals surface area (Å²) in [6, 6.07) is -0.188. The normalized spacial score (nSPS) is 13.2. The first-order valence-corrected chi connectivity index (χ1v) is 6.56. The summed E-state index contributed by atoms with van der Waals surface area (Å²) >= 11 is 6.24. The number of likely N-dealkylation sites (N-methyl/N-ethyl adjacent to an activating group) is 1. The summed E-state index contributed by atoms with van der Waals surface area (Å²) in [5, 5.41) is 8.15. The number of nitrogens with zero attached hydrogens (tertiary/aromatic N) is 2. The van der Waals surface area contributed by atoms with Crippen LogP contribution in [0.4, 0.5) is 0 Å². The molecule has 0 saturated heterocycles. The number of hydrogen-bond donors (Lipinski definition) is 1. The highest BCUT2D eigenvalue weighted by Crippen LogP contribution is 2.26. The Morgan fingerprint density at radius 2 is 2.05 bits per heavy atom. The van der Waals surface area contributed by atoms with Crippen LogP contribution in [0.1, 0.15) is 18.7 Å². The SMILES string of the molecule is CCNC(c1c(Cl)cnn1CCOC)C(OC)OC. The summed E-state index contributed by atoms with van der Waals surface area (Å²) in [5.74, 6) is 0. The highest BCUT2D eigenvalue weighted by Gasteiger charge is 2.28. The molecule has 1 rings (SSSR count). The van der Waals surface area contributed by atoms with Crippen LogP contribution in [0.3, 0.4) is 0 Å². The Morgan fingerprint density at radius 3 is 2.58 bits per heavy atom. The van der Waals surface area contributed by atoms with Crippen LogP contribution < -0.4 is 5.32 Å². The van der Waals surface area contributed by atoms with E-state index in [1.54, 1.807) is 27.5 Å². The quantitative estimate of drug-likeness (QED) is 0.698. The van der Waals surface area contributed by atoms with Gasteiger partial charge in [-0.3, -0.25) is 4.68 Å². The predicted octanol–water partition coefficient (Wildman–Crippen LogP) is 1.45. The van der Waals surface area contributed by atoms with Crippen molar-refractivity contribution in [3.8, 4) is 0 Å². The fourth-order valence-corrected chi connectivity index (χ4v) is 2.21. The molecule has 0 spiro atoms. The molecule has 0 aliphatic heterocycles. The van der Waals surface area contributed by atoms with Crippen LogP contribution in [0.5, 0.6) is 0 Å². The number of nitrogens with one attached hydrogen (secondary N) is 1. The maximum absolute atomic E-state index is 6.24. The zero-order valence-corrected chi connectivity index (χ0v) is 12.6. The van der Waals surface area contributed by atoms with Crippen molar-refractivity contribution >= 4 is 11.6 Å². The van der Waals surface area contributed by atoms with Crippen LogP contribution in [0.25, 0.3) is 0 Å². The average molecular weight is 292 g/mol. The van der Waals surface area contributed by atoms with E-state index in [9.17, 15) is 0 Å². The fourth-order valence-electron chi connectivity index (χ4n) is 1.95. The maximum Gasteiger partial charge on any atom is 0.177 e. The second-order valence-electron chi connectivity index (χ2n) is 3.97. The molecular formula is C12H22ClN3O3. The minimum absolute atomic E-state index is 0.188. The molecule has 1 aromatic rings. The molecule has 0 bridgehead atoms. The number of methoxy groups -OCH3 is 3. The van der Waals surface area contributed by atoms with Gasteiger partial charge in [-0.15, -0.1) is 0 Å². The van der Waals surface area contributed by atoms with Gasteiger partial charge in [0, 0.05) is 21.3 Å². The average Bonchev–Trinajstić information content (AvgIpc) is 2.77. The van der Waals surface area contributed by atoms with E-state index in [4.69, 9.17) is 25.8 Å². The van der Waals surface area contributed by atoms with E-state index in [0.29, 0.717) is 18.2 Å². The molecule has 1 atom stereocenters. The lowest BCUT2D eigenvalue weighted by Gasteiger charge is -2.26. The molecular weight excluding hydrogens is 270 g/mol. The highest BCUT2D eigenvalue weighted by molar-refractivity contribution is 6.31. The molecule has 0 aliphatic carbocycles. The van der Waals surface area contributed by atoms with Gasteiger partial charge in [0.1, 0.15) is 6.04 Å². The molecule has 110 valence electrons. The Labute approximate surface area is 119 Å². The van der Waals surface area contributed by atoms with Gasteiger partial charge in [-0.1, -0.05) is 18.5 Å². The number of rotatable bonds is 9. The number of hydrogen-bond acceptors (Lipinski definition) is 5. The van der Waals surface area contributed by atoms with Gasteiger partial charge in [-0.25, -0.2) is 0 Å². The molecule has 0 radical (unpaired) electrons. The van der Waals surface area contributed by atoms with E-state index >= 15 is 0 Å². The lowest BCUT2D eigenvalue weighted by atomic mass is 10.2. The van der Waals surface area contributed by atoms with Crippen LogP contribution in [-0.2, 0) is 20.8 Å².